The zero-order valence-corrected chi connectivity index (χ0v) is 17.3. The molecular formula is C25H28O4. The van der Waals surface area contributed by atoms with Crippen LogP contribution in [-0.2, 0) is 9.47 Å². The van der Waals surface area contributed by atoms with Crippen molar-refractivity contribution in [3.63, 3.8) is 0 Å². The van der Waals surface area contributed by atoms with E-state index in [1.165, 1.54) is 0 Å². The highest BCUT2D eigenvalue weighted by molar-refractivity contribution is 5.89. The van der Waals surface area contributed by atoms with Crippen LogP contribution in [0.3, 0.4) is 0 Å². The van der Waals surface area contributed by atoms with E-state index in [-0.39, 0.29) is 29.0 Å². The minimum atomic E-state index is -0.273. The van der Waals surface area contributed by atoms with Gasteiger partial charge in [-0.05, 0) is 43.4 Å². The van der Waals surface area contributed by atoms with E-state index in [9.17, 15) is 4.79 Å². The van der Waals surface area contributed by atoms with Crippen molar-refractivity contribution in [2.45, 2.75) is 38.9 Å². The molecule has 3 aliphatic rings. The van der Waals surface area contributed by atoms with Crippen LogP contribution in [0.2, 0.25) is 0 Å². The summed E-state index contributed by atoms with van der Waals surface area (Å²) < 4.78 is 18.9. The SMILES string of the molecule is C[C@H]1C[C@@]2(C)Oc3ccccc3[C@@H]3OC[C@]1(COC(=O)c1ccccc1)[C@@H](C)[C@H]32. The molecule has 1 aliphatic carbocycles. The molecule has 0 aromatic heterocycles. The van der Waals surface area contributed by atoms with Crippen LogP contribution in [0.1, 0.15) is 49.2 Å². The number of benzene rings is 2. The van der Waals surface area contributed by atoms with Crippen molar-refractivity contribution in [2.24, 2.45) is 23.2 Å². The van der Waals surface area contributed by atoms with E-state index in [4.69, 9.17) is 14.2 Å². The Morgan fingerprint density at radius 3 is 2.62 bits per heavy atom. The molecule has 4 nitrogen and oxygen atoms in total. The van der Waals surface area contributed by atoms with Crippen molar-refractivity contribution >= 4 is 5.97 Å². The minimum absolute atomic E-state index is 0.0328. The average Bonchev–Trinajstić information content (AvgIpc) is 2.72. The molecule has 152 valence electrons. The molecule has 2 aromatic rings. The van der Waals surface area contributed by atoms with Gasteiger partial charge < -0.3 is 14.2 Å². The first-order valence-corrected chi connectivity index (χ1v) is 10.6. The van der Waals surface area contributed by atoms with Crippen LogP contribution in [-0.4, -0.2) is 24.8 Å². The number of hydrogen-bond donors (Lipinski definition) is 0. The van der Waals surface area contributed by atoms with Crippen LogP contribution >= 0.6 is 0 Å². The second kappa shape index (κ2) is 6.60. The highest BCUT2D eigenvalue weighted by Gasteiger charge is 2.64. The summed E-state index contributed by atoms with van der Waals surface area (Å²) in [6, 6.07) is 17.4. The Hall–Kier alpha value is -2.33. The zero-order chi connectivity index (χ0) is 20.2. The lowest BCUT2D eigenvalue weighted by Gasteiger charge is -2.63. The molecule has 0 unspecified atom stereocenters. The minimum Gasteiger partial charge on any atom is -0.487 e. The normalized spacial score (nSPS) is 37.2. The number of carbonyl (C=O) groups is 1. The van der Waals surface area contributed by atoms with E-state index < -0.39 is 0 Å². The number of hydrogen-bond acceptors (Lipinski definition) is 4. The fourth-order valence-electron chi connectivity index (χ4n) is 6.11. The summed E-state index contributed by atoms with van der Waals surface area (Å²) in [5.74, 6) is 1.54. The lowest BCUT2D eigenvalue weighted by molar-refractivity contribution is -0.259. The molecule has 29 heavy (non-hydrogen) atoms. The molecule has 2 aromatic carbocycles. The lowest BCUT2D eigenvalue weighted by Crippen LogP contribution is -2.66. The summed E-state index contributed by atoms with van der Waals surface area (Å²) in [6.45, 7) is 7.75. The Bertz CT molecular complexity index is 925. The van der Waals surface area contributed by atoms with E-state index in [1.807, 2.05) is 36.4 Å². The van der Waals surface area contributed by atoms with Gasteiger partial charge in [-0.1, -0.05) is 50.2 Å². The third-order valence-corrected chi connectivity index (χ3v) is 7.75. The van der Waals surface area contributed by atoms with Gasteiger partial charge in [0, 0.05) is 16.9 Å². The number of rotatable bonds is 3. The Labute approximate surface area is 172 Å². The van der Waals surface area contributed by atoms with Gasteiger partial charge in [0.05, 0.1) is 24.9 Å². The van der Waals surface area contributed by atoms with Crippen molar-refractivity contribution in [3.8, 4) is 5.75 Å². The molecule has 2 heterocycles. The number of ether oxygens (including phenoxy) is 3. The quantitative estimate of drug-likeness (QED) is 0.686. The summed E-state index contributed by atoms with van der Waals surface area (Å²) in [5.41, 5.74) is 1.27. The molecule has 0 amide bonds. The lowest BCUT2D eigenvalue weighted by atomic mass is 9.50. The first-order valence-electron chi connectivity index (χ1n) is 10.6. The topological polar surface area (TPSA) is 44.8 Å². The van der Waals surface area contributed by atoms with Crippen LogP contribution in [0.4, 0.5) is 0 Å². The standard InChI is InChI=1S/C25H28O4/c1-16-13-24(3)21-17(2)25(16,15-28-23(26)18-9-5-4-6-10-18)14-27-22(21)19-11-7-8-12-20(19)29-24/h4-12,16-17,21-22H,13-15H2,1-3H3/t16-,17-,21+,22-,24+,25+/m0/s1. The maximum absolute atomic E-state index is 12.6. The van der Waals surface area contributed by atoms with Crippen molar-refractivity contribution in [1.82, 2.24) is 0 Å². The molecule has 1 saturated carbocycles. The van der Waals surface area contributed by atoms with Gasteiger partial charge in [0.15, 0.2) is 0 Å². The van der Waals surface area contributed by atoms with Crippen molar-refractivity contribution in [2.75, 3.05) is 13.2 Å². The second-order valence-electron chi connectivity index (χ2n) is 9.28. The number of carbonyl (C=O) groups excluding carboxylic acids is 1. The second-order valence-corrected chi connectivity index (χ2v) is 9.28. The van der Waals surface area contributed by atoms with E-state index >= 15 is 0 Å². The van der Waals surface area contributed by atoms with Crippen molar-refractivity contribution in [3.05, 3.63) is 65.7 Å². The Morgan fingerprint density at radius 1 is 1.10 bits per heavy atom. The summed E-state index contributed by atoms with van der Waals surface area (Å²) in [4.78, 5) is 12.6. The molecule has 0 spiro atoms. The van der Waals surface area contributed by atoms with E-state index in [2.05, 4.69) is 26.8 Å². The van der Waals surface area contributed by atoms with Gasteiger partial charge in [0.1, 0.15) is 11.4 Å². The van der Waals surface area contributed by atoms with Crippen LogP contribution < -0.4 is 4.74 Å². The predicted octanol–water partition coefficient (Wildman–Crippen LogP) is 5.04. The molecular weight excluding hydrogens is 364 g/mol. The van der Waals surface area contributed by atoms with Gasteiger partial charge in [0.2, 0.25) is 0 Å². The number of para-hydroxylation sites is 1. The molecule has 0 N–H and O–H groups in total. The van der Waals surface area contributed by atoms with Crippen LogP contribution in [0.25, 0.3) is 0 Å². The highest BCUT2D eigenvalue weighted by Crippen LogP contribution is 2.63. The highest BCUT2D eigenvalue weighted by atomic mass is 16.5. The van der Waals surface area contributed by atoms with Crippen LogP contribution in [0.15, 0.2) is 54.6 Å². The summed E-state index contributed by atoms with van der Waals surface area (Å²) >= 11 is 0. The molecule has 6 atom stereocenters. The van der Waals surface area contributed by atoms with E-state index in [0.717, 1.165) is 17.7 Å². The van der Waals surface area contributed by atoms with Crippen LogP contribution in [0.5, 0.6) is 5.75 Å². The summed E-state index contributed by atoms with van der Waals surface area (Å²) in [5, 5.41) is 0. The van der Waals surface area contributed by atoms with Gasteiger partial charge in [-0.15, -0.1) is 0 Å². The number of esters is 1. The van der Waals surface area contributed by atoms with Gasteiger partial charge in [-0.3, -0.25) is 0 Å². The number of fused-ring (bicyclic) bond motifs is 3. The molecule has 5 rings (SSSR count). The third-order valence-electron chi connectivity index (χ3n) is 7.75. The maximum Gasteiger partial charge on any atom is 0.338 e. The molecule has 4 heteroatoms. The molecule has 2 aliphatic heterocycles. The smallest absolute Gasteiger partial charge is 0.338 e. The van der Waals surface area contributed by atoms with Gasteiger partial charge in [0.25, 0.3) is 0 Å². The van der Waals surface area contributed by atoms with Gasteiger partial charge >= 0.3 is 5.97 Å². The average molecular weight is 392 g/mol. The fourth-order valence-corrected chi connectivity index (χ4v) is 6.11. The van der Waals surface area contributed by atoms with E-state index in [1.54, 1.807) is 12.1 Å². The Morgan fingerprint density at radius 2 is 1.83 bits per heavy atom. The summed E-state index contributed by atoms with van der Waals surface area (Å²) in [7, 11) is 0. The van der Waals surface area contributed by atoms with Crippen molar-refractivity contribution in [1.29, 1.82) is 0 Å². The molecule has 2 bridgehead atoms. The maximum atomic E-state index is 12.6. The predicted molar refractivity (Wildman–Crippen MR) is 110 cm³/mol. The van der Waals surface area contributed by atoms with Gasteiger partial charge in [-0.25, -0.2) is 4.79 Å². The van der Waals surface area contributed by atoms with Gasteiger partial charge in [-0.2, -0.15) is 0 Å². The molecule has 2 fully saturated rings. The summed E-state index contributed by atoms with van der Waals surface area (Å²) in [6.07, 6.45) is 0.962. The largest absolute Gasteiger partial charge is 0.487 e. The third kappa shape index (κ3) is 2.72. The van der Waals surface area contributed by atoms with Crippen LogP contribution in [0, 0.1) is 23.2 Å². The Balaban J connectivity index is 1.44. The fraction of sp³-hybridized carbons (Fsp3) is 0.480. The van der Waals surface area contributed by atoms with E-state index in [0.29, 0.717) is 30.6 Å². The first-order chi connectivity index (χ1) is 13.9. The first kappa shape index (κ1) is 18.7. The zero-order valence-electron chi connectivity index (χ0n) is 17.3. The van der Waals surface area contributed by atoms with Crippen molar-refractivity contribution < 1.29 is 19.0 Å². The Kier molecular flexibility index (Phi) is 4.25. The monoisotopic (exact) mass is 392 g/mol. The molecule has 0 radical (unpaired) electrons. The molecule has 1 saturated heterocycles.